The number of nitrogens with one attached hydrogen (secondary N) is 2. The Hall–Kier alpha value is -2.86. The molecule has 0 saturated carbocycles. The number of hydrogen-bond donors (Lipinski definition) is 2. The fraction of sp³-hybridized carbons (Fsp3) is 0.167. The summed E-state index contributed by atoms with van der Waals surface area (Å²) in [6, 6.07) is 13.2. The van der Waals surface area contributed by atoms with E-state index in [1.165, 1.54) is 12.1 Å². The standard InChI is InChI=1S/C18H17ClN2O4/c1-2-25-18(24)14-5-3-4-6-15(14)21-17(23)16(22)20-11-12-7-9-13(19)10-8-12/h3-10H,2,11H2,1H3,(H,20,22)(H,21,23). The second-order valence-electron chi connectivity index (χ2n) is 5.03. The molecule has 130 valence electrons. The number of halogens is 1. The van der Waals surface area contributed by atoms with Crippen LogP contribution in [0.2, 0.25) is 5.02 Å². The van der Waals surface area contributed by atoms with E-state index in [9.17, 15) is 14.4 Å². The zero-order chi connectivity index (χ0) is 18.2. The van der Waals surface area contributed by atoms with Crippen molar-refractivity contribution >= 4 is 35.1 Å². The van der Waals surface area contributed by atoms with Crippen LogP contribution in [-0.2, 0) is 20.9 Å². The molecule has 0 aliphatic heterocycles. The number of ether oxygens (including phenoxy) is 1. The molecule has 0 heterocycles. The highest BCUT2D eigenvalue weighted by atomic mass is 35.5. The van der Waals surface area contributed by atoms with Gasteiger partial charge in [-0.15, -0.1) is 0 Å². The van der Waals surface area contributed by atoms with Crippen molar-refractivity contribution in [3.8, 4) is 0 Å². The van der Waals surface area contributed by atoms with Crippen LogP contribution in [0.1, 0.15) is 22.8 Å². The molecule has 0 saturated heterocycles. The van der Waals surface area contributed by atoms with Crippen LogP contribution >= 0.6 is 11.6 Å². The van der Waals surface area contributed by atoms with Crippen molar-refractivity contribution in [3.05, 3.63) is 64.7 Å². The van der Waals surface area contributed by atoms with Gasteiger partial charge in [0.15, 0.2) is 0 Å². The topological polar surface area (TPSA) is 84.5 Å². The summed E-state index contributed by atoms with van der Waals surface area (Å²) in [5.74, 6) is -2.25. The van der Waals surface area contributed by atoms with Crippen LogP contribution in [0.15, 0.2) is 48.5 Å². The summed E-state index contributed by atoms with van der Waals surface area (Å²) in [5, 5.41) is 5.51. The third-order valence-electron chi connectivity index (χ3n) is 3.24. The summed E-state index contributed by atoms with van der Waals surface area (Å²) < 4.78 is 4.92. The molecule has 0 atom stereocenters. The molecule has 25 heavy (non-hydrogen) atoms. The Kier molecular flexibility index (Phi) is 6.54. The van der Waals surface area contributed by atoms with Gasteiger partial charge in [0.1, 0.15) is 0 Å². The molecule has 6 nitrogen and oxygen atoms in total. The first-order valence-corrected chi connectivity index (χ1v) is 7.99. The van der Waals surface area contributed by atoms with Gasteiger partial charge in [-0.05, 0) is 36.8 Å². The van der Waals surface area contributed by atoms with Crippen molar-refractivity contribution in [1.29, 1.82) is 0 Å². The molecule has 0 bridgehead atoms. The van der Waals surface area contributed by atoms with E-state index in [-0.39, 0.29) is 24.4 Å². The SMILES string of the molecule is CCOC(=O)c1ccccc1NC(=O)C(=O)NCc1ccc(Cl)cc1. The lowest BCUT2D eigenvalue weighted by Gasteiger charge is -2.10. The number of carbonyl (C=O) groups is 3. The highest BCUT2D eigenvalue weighted by molar-refractivity contribution is 6.40. The summed E-state index contributed by atoms with van der Waals surface area (Å²) >= 11 is 5.79. The van der Waals surface area contributed by atoms with Crippen molar-refractivity contribution in [1.82, 2.24) is 5.32 Å². The Morgan fingerprint density at radius 3 is 2.36 bits per heavy atom. The summed E-state index contributed by atoms with van der Waals surface area (Å²) in [4.78, 5) is 35.8. The maximum Gasteiger partial charge on any atom is 0.340 e. The smallest absolute Gasteiger partial charge is 0.340 e. The first-order valence-electron chi connectivity index (χ1n) is 7.61. The Morgan fingerprint density at radius 2 is 1.68 bits per heavy atom. The third kappa shape index (κ3) is 5.32. The first-order chi connectivity index (χ1) is 12.0. The largest absolute Gasteiger partial charge is 0.462 e. The molecule has 2 rings (SSSR count). The minimum atomic E-state index is -0.870. The average molecular weight is 361 g/mol. The second kappa shape index (κ2) is 8.84. The molecule has 2 N–H and O–H groups in total. The van der Waals surface area contributed by atoms with Crippen LogP contribution in [0.3, 0.4) is 0 Å². The highest BCUT2D eigenvalue weighted by Gasteiger charge is 2.18. The number of anilines is 1. The van der Waals surface area contributed by atoms with Gasteiger partial charge < -0.3 is 15.4 Å². The maximum absolute atomic E-state index is 12.0. The molecule has 7 heteroatoms. The highest BCUT2D eigenvalue weighted by Crippen LogP contribution is 2.16. The molecule has 0 spiro atoms. The molecule has 0 fully saturated rings. The summed E-state index contributed by atoms with van der Waals surface area (Å²) in [6.45, 7) is 2.08. The Labute approximate surface area is 150 Å². The monoisotopic (exact) mass is 360 g/mol. The van der Waals surface area contributed by atoms with Crippen molar-refractivity contribution in [2.24, 2.45) is 0 Å². The number of rotatable bonds is 5. The van der Waals surface area contributed by atoms with Gasteiger partial charge in [0.2, 0.25) is 0 Å². The molecular formula is C18H17ClN2O4. The van der Waals surface area contributed by atoms with E-state index in [1.807, 2.05) is 0 Å². The van der Waals surface area contributed by atoms with Crippen LogP contribution in [-0.4, -0.2) is 24.4 Å². The van der Waals surface area contributed by atoms with Gasteiger partial charge in [-0.1, -0.05) is 35.9 Å². The fourth-order valence-electron chi connectivity index (χ4n) is 2.02. The van der Waals surface area contributed by atoms with Gasteiger partial charge in [0.05, 0.1) is 17.9 Å². The molecule has 2 amide bonds. The number of hydrogen-bond acceptors (Lipinski definition) is 4. The third-order valence-corrected chi connectivity index (χ3v) is 3.50. The summed E-state index contributed by atoms with van der Waals surface area (Å²) in [7, 11) is 0. The van der Waals surface area contributed by atoms with E-state index >= 15 is 0 Å². The average Bonchev–Trinajstić information content (AvgIpc) is 2.61. The second-order valence-corrected chi connectivity index (χ2v) is 5.47. The van der Waals surface area contributed by atoms with Crippen LogP contribution in [0.25, 0.3) is 0 Å². The minimum absolute atomic E-state index is 0.183. The Morgan fingerprint density at radius 1 is 1.00 bits per heavy atom. The van der Waals surface area contributed by atoms with Crippen molar-refractivity contribution in [2.45, 2.75) is 13.5 Å². The number of benzene rings is 2. The van der Waals surface area contributed by atoms with E-state index < -0.39 is 17.8 Å². The lowest BCUT2D eigenvalue weighted by molar-refractivity contribution is -0.136. The molecule has 0 aliphatic rings. The summed E-state index contributed by atoms with van der Waals surface area (Å²) in [6.07, 6.45) is 0. The van der Waals surface area contributed by atoms with E-state index in [1.54, 1.807) is 43.3 Å². The van der Waals surface area contributed by atoms with Crippen molar-refractivity contribution < 1.29 is 19.1 Å². The van der Waals surface area contributed by atoms with E-state index in [2.05, 4.69) is 10.6 Å². The maximum atomic E-state index is 12.0. The first kappa shape index (κ1) is 18.5. The van der Waals surface area contributed by atoms with Crippen LogP contribution < -0.4 is 10.6 Å². The van der Waals surface area contributed by atoms with Gasteiger partial charge in [-0.25, -0.2) is 4.79 Å². The van der Waals surface area contributed by atoms with Crippen molar-refractivity contribution in [3.63, 3.8) is 0 Å². The number of esters is 1. The fourth-order valence-corrected chi connectivity index (χ4v) is 2.15. The van der Waals surface area contributed by atoms with Crippen LogP contribution in [0.5, 0.6) is 0 Å². The van der Waals surface area contributed by atoms with Gasteiger partial charge in [0, 0.05) is 11.6 Å². The molecule has 0 radical (unpaired) electrons. The Bertz CT molecular complexity index is 775. The summed E-state index contributed by atoms with van der Waals surface area (Å²) in [5.41, 5.74) is 1.20. The lowest BCUT2D eigenvalue weighted by Crippen LogP contribution is -2.35. The van der Waals surface area contributed by atoms with Gasteiger partial charge in [-0.3, -0.25) is 9.59 Å². The molecule has 2 aromatic rings. The van der Waals surface area contributed by atoms with E-state index in [0.29, 0.717) is 5.02 Å². The van der Waals surface area contributed by atoms with Crippen LogP contribution in [0.4, 0.5) is 5.69 Å². The predicted octanol–water partition coefficient (Wildman–Crippen LogP) is 2.77. The van der Waals surface area contributed by atoms with E-state index in [4.69, 9.17) is 16.3 Å². The van der Waals surface area contributed by atoms with Gasteiger partial charge in [0.25, 0.3) is 0 Å². The normalized spacial score (nSPS) is 10.0. The molecule has 0 unspecified atom stereocenters. The van der Waals surface area contributed by atoms with Gasteiger partial charge >= 0.3 is 17.8 Å². The zero-order valence-electron chi connectivity index (χ0n) is 13.5. The molecule has 2 aromatic carbocycles. The molecule has 0 aliphatic carbocycles. The quantitative estimate of drug-likeness (QED) is 0.634. The van der Waals surface area contributed by atoms with E-state index in [0.717, 1.165) is 5.56 Å². The van der Waals surface area contributed by atoms with Gasteiger partial charge in [-0.2, -0.15) is 0 Å². The lowest BCUT2D eigenvalue weighted by atomic mass is 10.2. The molecular weight excluding hydrogens is 344 g/mol. The molecule has 0 aromatic heterocycles. The Balaban J connectivity index is 1.98. The predicted molar refractivity (Wildman–Crippen MR) is 94.3 cm³/mol. The number of amides is 2. The van der Waals surface area contributed by atoms with Crippen molar-refractivity contribution in [2.75, 3.05) is 11.9 Å². The number of para-hydroxylation sites is 1. The number of carbonyl (C=O) groups excluding carboxylic acids is 3. The minimum Gasteiger partial charge on any atom is -0.462 e. The zero-order valence-corrected chi connectivity index (χ0v) is 14.3. The van der Waals surface area contributed by atoms with Crippen LogP contribution in [0, 0.1) is 0 Å².